The van der Waals surface area contributed by atoms with Crippen molar-refractivity contribution in [2.75, 3.05) is 6.61 Å². The highest BCUT2D eigenvalue weighted by Crippen LogP contribution is 2.26. The lowest BCUT2D eigenvalue weighted by Crippen LogP contribution is -2.53. The summed E-state index contributed by atoms with van der Waals surface area (Å²) in [6.45, 7) is 5.08. The fraction of sp³-hybridized carbons (Fsp3) is 0.280. The number of nitrogens with zero attached hydrogens (tertiary/aromatic N) is 2. The second-order valence-corrected chi connectivity index (χ2v) is 7.27. The molecular weight excluding hydrogens is 374 g/mol. The molecular formula is C25H27N3O2. The lowest BCUT2D eigenvalue weighted by Gasteiger charge is -2.39. The van der Waals surface area contributed by atoms with E-state index in [0.29, 0.717) is 24.3 Å². The summed E-state index contributed by atoms with van der Waals surface area (Å²) in [6.07, 6.45) is 6.22. The Balaban J connectivity index is 1.88. The number of nitriles is 1. The summed E-state index contributed by atoms with van der Waals surface area (Å²) < 4.78 is 5.86. The number of carbonyl (C=O) groups excluding carboxylic acids is 1. The van der Waals surface area contributed by atoms with E-state index in [4.69, 9.17) is 10.5 Å². The lowest BCUT2D eigenvalue weighted by molar-refractivity contribution is -0.107. The van der Waals surface area contributed by atoms with Gasteiger partial charge >= 0.3 is 0 Å². The van der Waals surface area contributed by atoms with Gasteiger partial charge in [-0.1, -0.05) is 60.7 Å². The first-order valence-corrected chi connectivity index (χ1v) is 10.1. The average Bonchev–Trinajstić information content (AvgIpc) is 2.78. The maximum Gasteiger partial charge on any atom is 0.147 e. The van der Waals surface area contributed by atoms with Crippen molar-refractivity contribution in [1.82, 2.24) is 4.90 Å². The molecule has 0 aromatic heterocycles. The normalized spacial score (nSPS) is 19.2. The van der Waals surface area contributed by atoms with Crippen LogP contribution in [0.5, 0.6) is 0 Å². The summed E-state index contributed by atoms with van der Waals surface area (Å²) in [7, 11) is 0. The fourth-order valence-corrected chi connectivity index (χ4v) is 3.87. The zero-order valence-electron chi connectivity index (χ0n) is 17.4. The monoisotopic (exact) mass is 401 g/mol. The van der Waals surface area contributed by atoms with E-state index in [1.165, 1.54) is 0 Å². The molecule has 0 amide bonds. The lowest BCUT2D eigenvalue weighted by atomic mass is 9.93. The highest BCUT2D eigenvalue weighted by Gasteiger charge is 2.32. The average molecular weight is 402 g/mol. The first-order chi connectivity index (χ1) is 14.6. The van der Waals surface area contributed by atoms with Crippen molar-refractivity contribution in [2.45, 2.75) is 38.7 Å². The topological polar surface area (TPSA) is 79.3 Å². The molecule has 0 fully saturated rings. The van der Waals surface area contributed by atoms with Crippen LogP contribution in [-0.4, -0.2) is 36.1 Å². The van der Waals surface area contributed by atoms with Gasteiger partial charge in [-0.2, -0.15) is 5.26 Å². The third-order valence-corrected chi connectivity index (χ3v) is 5.37. The van der Waals surface area contributed by atoms with Crippen LogP contribution in [0.25, 0.3) is 11.1 Å². The Kier molecular flexibility index (Phi) is 7.31. The zero-order chi connectivity index (χ0) is 21.5. The Bertz CT molecular complexity index is 973. The SMILES string of the molecule is CCOC(C)N(Cc1ccc(-c2ccccc2C#N)cc1)C1C(C=O)=CC=CC1N. The first kappa shape index (κ1) is 21.7. The van der Waals surface area contributed by atoms with Crippen LogP contribution in [0.1, 0.15) is 25.0 Å². The summed E-state index contributed by atoms with van der Waals surface area (Å²) in [5, 5.41) is 9.36. The minimum Gasteiger partial charge on any atom is -0.364 e. The van der Waals surface area contributed by atoms with Gasteiger partial charge < -0.3 is 10.5 Å². The van der Waals surface area contributed by atoms with E-state index in [1.807, 2.05) is 80.6 Å². The van der Waals surface area contributed by atoms with E-state index in [2.05, 4.69) is 11.0 Å². The molecule has 0 aliphatic heterocycles. The number of rotatable bonds is 8. The number of hydrogen-bond donors (Lipinski definition) is 1. The molecule has 30 heavy (non-hydrogen) atoms. The van der Waals surface area contributed by atoms with E-state index in [9.17, 15) is 10.1 Å². The third kappa shape index (κ3) is 4.74. The molecule has 0 radical (unpaired) electrons. The van der Waals surface area contributed by atoms with Gasteiger partial charge in [-0.05, 0) is 36.6 Å². The van der Waals surface area contributed by atoms with Gasteiger partial charge in [0.2, 0.25) is 0 Å². The molecule has 3 rings (SSSR count). The van der Waals surface area contributed by atoms with Crippen LogP contribution in [0, 0.1) is 11.3 Å². The minimum absolute atomic E-state index is 0.208. The van der Waals surface area contributed by atoms with Crippen molar-refractivity contribution in [1.29, 1.82) is 5.26 Å². The van der Waals surface area contributed by atoms with Crippen LogP contribution >= 0.6 is 0 Å². The molecule has 1 aliphatic rings. The second kappa shape index (κ2) is 10.1. The maximum atomic E-state index is 11.7. The smallest absolute Gasteiger partial charge is 0.147 e. The summed E-state index contributed by atoms with van der Waals surface area (Å²) in [5.74, 6) is 0. The maximum absolute atomic E-state index is 11.7. The third-order valence-electron chi connectivity index (χ3n) is 5.37. The van der Waals surface area contributed by atoms with Crippen molar-refractivity contribution in [2.24, 2.45) is 5.73 Å². The molecule has 2 aromatic rings. The van der Waals surface area contributed by atoms with E-state index in [1.54, 1.807) is 0 Å². The quantitative estimate of drug-likeness (QED) is 0.538. The van der Waals surface area contributed by atoms with Crippen LogP contribution in [0.3, 0.4) is 0 Å². The van der Waals surface area contributed by atoms with Crippen molar-refractivity contribution >= 4 is 6.29 Å². The van der Waals surface area contributed by atoms with Gasteiger partial charge in [-0.3, -0.25) is 9.69 Å². The van der Waals surface area contributed by atoms with Gasteiger partial charge in [0.25, 0.3) is 0 Å². The van der Waals surface area contributed by atoms with Crippen LogP contribution in [0.15, 0.2) is 72.3 Å². The minimum atomic E-state index is -0.292. The zero-order valence-corrected chi connectivity index (χ0v) is 17.4. The molecule has 2 aromatic carbocycles. The fourth-order valence-electron chi connectivity index (χ4n) is 3.87. The number of allylic oxidation sites excluding steroid dienone is 2. The molecule has 5 nitrogen and oxygen atoms in total. The molecule has 154 valence electrons. The van der Waals surface area contributed by atoms with Gasteiger partial charge in [0.1, 0.15) is 12.5 Å². The van der Waals surface area contributed by atoms with Gasteiger partial charge in [0.15, 0.2) is 0 Å². The molecule has 2 N–H and O–H groups in total. The summed E-state index contributed by atoms with van der Waals surface area (Å²) in [4.78, 5) is 13.8. The van der Waals surface area contributed by atoms with Crippen LogP contribution in [0.4, 0.5) is 0 Å². The highest BCUT2D eigenvalue weighted by molar-refractivity contribution is 5.77. The van der Waals surface area contributed by atoms with E-state index >= 15 is 0 Å². The molecule has 1 aliphatic carbocycles. The Morgan fingerprint density at radius 3 is 2.63 bits per heavy atom. The van der Waals surface area contributed by atoms with Crippen LogP contribution < -0.4 is 5.73 Å². The number of hydrogen-bond acceptors (Lipinski definition) is 5. The summed E-state index contributed by atoms with van der Waals surface area (Å²) >= 11 is 0. The van der Waals surface area contributed by atoms with Gasteiger partial charge in [-0.25, -0.2) is 0 Å². The molecule has 3 atom stereocenters. The number of ether oxygens (including phenoxy) is 1. The number of aldehydes is 1. The van der Waals surface area contributed by atoms with Gasteiger partial charge in [0.05, 0.1) is 17.7 Å². The standard InChI is InChI=1S/C25H27N3O2/c1-3-30-18(2)28(25-22(17-29)8-6-10-24(25)27)16-19-11-13-20(14-12-19)23-9-5-4-7-21(23)15-26/h4-14,17-18,24-25H,3,16,27H2,1-2H3. The van der Waals surface area contributed by atoms with E-state index in [-0.39, 0.29) is 18.3 Å². The largest absolute Gasteiger partial charge is 0.364 e. The van der Waals surface area contributed by atoms with Gasteiger partial charge in [-0.15, -0.1) is 0 Å². The molecule has 0 spiro atoms. The first-order valence-electron chi connectivity index (χ1n) is 10.1. The molecule has 0 saturated heterocycles. The Labute approximate surface area is 178 Å². The van der Waals surface area contributed by atoms with E-state index in [0.717, 1.165) is 23.0 Å². The van der Waals surface area contributed by atoms with Crippen LogP contribution in [-0.2, 0) is 16.1 Å². The van der Waals surface area contributed by atoms with Crippen molar-refractivity contribution in [3.8, 4) is 17.2 Å². The second-order valence-electron chi connectivity index (χ2n) is 7.27. The Morgan fingerprint density at radius 1 is 1.23 bits per heavy atom. The van der Waals surface area contributed by atoms with Crippen molar-refractivity contribution in [3.05, 3.63) is 83.5 Å². The molecule has 0 saturated carbocycles. The summed E-state index contributed by atoms with van der Waals surface area (Å²) in [6, 6.07) is 17.4. The molecule has 5 heteroatoms. The predicted octanol–water partition coefficient (Wildman–Crippen LogP) is 3.80. The number of benzene rings is 2. The van der Waals surface area contributed by atoms with E-state index < -0.39 is 0 Å². The molecule has 0 heterocycles. The van der Waals surface area contributed by atoms with Crippen molar-refractivity contribution < 1.29 is 9.53 Å². The number of nitrogens with two attached hydrogens (primary N) is 1. The Morgan fingerprint density at radius 2 is 1.97 bits per heavy atom. The number of carbonyl (C=O) groups is 1. The predicted molar refractivity (Wildman–Crippen MR) is 118 cm³/mol. The van der Waals surface area contributed by atoms with Crippen molar-refractivity contribution in [3.63, 3.8) is 0 Å². The summed E-state index contributed by atoms with van der Waals surface area (Å²) in [5.41, 5.74) is 10.6. The molecule has 0 bridgehead atoms. The molecule has 3 unspecified atom stereocenters. The Hall–Kier alpha value is -3.04. The van der Waals surface area contributed by atoms with Crippen LogP contribution in [0.2, 0.25) is 0 Å². The highest BCUT2D eigenvalue weighted by atomic mass is 16.5. The van der Waals surface area contributed by atoms with Gasteiger partial charge in [0, 0.05) is 24.8 Å².